The molecule has 33 heavy (non-hydrogen) atoms. The minimum Gasteiger partial charge on any atom is -0.324 e. The van der Waals surface area contributed by atoms with Crippen LogP contribution in [0, 0.1) is 19.8 Å². The molecule has 0 radical (unpaired) electrons. The number of carbonyl (C=O) groups is 2. The van der Waals surface area contributed by atoms with Crippen LogP contribution in [0.1, 0.15) is 50.3 Å². The summed E-state index contributed by atoms with van der Waals surface area (Å²) in [4.78, 5) is 27.0. The highest BCUT2D eigenvalue weighted by molar-refractivity contribution is 7.89. The van der Waals surface area contributed by atoms with Crippen LogP contribution < -0.4 is 14.9 Å². The van der Waals surface area contributed by atoms with Gasteiger partial charge in [0, 0.05) is 24.3 Å². The minimum absolute atomic E-state index is 0.0163. The van der Waals surface area contributed by atoms with Gasteiger partial charge in [-0.2, -0.15) is 4.72 Å². The Labute approximate surface area is 196 Å². The molecule has 178 valence electrons. The second kappa shape index (κ2) is 10.1. The van der Waals surface area contributed by atoms with Crippen LogP contribution in [0.25, 0.3) is 0 Å². The predicted octanol–water partition coefficient (Wildman–Crippen LogP) is 3.93. The summed E-state index contributed by atoms with van der Waals surface area (Å²) in [7, 11) is -3.94. The van der Waals surface area contributed by atoms with Crippen LogP contribution >= 0.6 is 0 Å². The molecule has 7 nitrogen and oxygen atoms in total. The summed E-state index contributed by atoms with van der Waals surface area (Å²) in [6.07, 6.45) is 1.36. The molecular weight excluding hydrogens is 438 g/mol. The summed E-state index contributed by atoms with van der Waals surface area (Å²) in [5.74, 6) is -0.264. The Kier molecular flexibility index (Phi) is 7.59. The maximum absolute atomic E-state index is 13.2. The summed E-state index contributed by atoms with van der Waals surface area (Å²) in [6, 6.07) is 9.62. The zero-order valence-electron chi connectivity index (χ0n) is 19.9. The quantitative estimate of drug-likeness (QED) is 0.610. The number of benzene rings is 2. The Morgan fingerprint density at radius 2 is 1.82 bits per heavy atom. The van der Waals surface area contributed by atoms with Crippen LogP contribution in [0.2, 0.25) is 0 Å². The first-order chi connectivity index (χ1) is 15.5. The first-order valence-electron chi connectivity index (χ1n) is 11.4. The van der Waals surface area contributed by atoms with E-state index >= 15 is 0 Å². The number of carbonyl (C=O) groups excluding carboxylic acids is 2. The summed E-state index contributed by atoms with van der Waals surface area (Å²) in [5.41, 5.74) is 4.16. The van der Waals surface area contributed by atoms with Crippen LogP contribution in [-0.4, -0.2) is 32.8 Å². The number of rotatable bonds is 8. The monoisotopic (exact) mass is 471 g/mol. The Morgan fingerprint density at radius 3 is 2.48 bits per heavy atom. The van der Waals surface area contributed by atoms with E-state index in [1.807, 2.05) is 45.9 Å². The second-order valence-corrected chi connectivity index (χ2v) is 10.8. The fourth-order valence-electron chi connectivity index (χ4n) is 4.02. The number of fused-ring (bicyclic) bond motifs is 1. The average molecular weight is 472 g/mol. The SMILES string of the molecule is CCC(=O)N1CCc2cc(S(=O)(=O)NC(CC(C)C)C(=O)Nc3cc(C)ccc3C)ccc21. The van der Waals surface area contributed by atoms with Crippen LogP contribution in [-0.2, 0) is 26.0 Å². The fourth-order valence-corrected chi connectivity index (χ4v) is 5.28. The lowest BCUT2D eigenvalue weighted by Gasteiger charge is -2.21. The Balaban J connectivity index is 1.83. The summed E-state index contributed by atoms with van der Waals surface area (Å²) < 4.78 is 29.0. The topological polar surface area (TPSA) is 95.6 Å². The van der Waals surface area contributed by atoms with Crippen molar-refractivity contribution in [1.82, 2.24) is 4.72 Å². The normalized spacial score (nSPS) is 14.3. The smallest absolute Gasteiger partial charge is 0.242 e. The van der Waals surface area contributed by atoms with Gasteiger partial charge in [-0.3, -0.25) is 9.59 Å². The summed E-state index contributed by atoms with van der Waals surface area (Å²) >= 11 is 0. The van der Waals surface area contributed by atoms with Gasteiger partial charge in [0.15, 0.2) is 0 Å². The molecule has 8 heteroatoms. The molecule has 0 fully saturated rings. The number of aryl methyl sites for hydroxylation is 2. The zero-order chi connectivity index (χ0) is 24.3. The number of nitrogens with one attached hydrogen (secondary N) is 2. The molecule has 0 saturated heterocycles. The molecule has 0 saturated carbocycles. The molecule has 0 bridgehead atoms. The lowest BCUT2D eigenvalue weighted by Crippen LogP contribution is -2.44. The maximum atomic E-state index is 13.2. The van der Waals surface area contributed by atoms with Gasteiger partial charge in [0.05, 0.1) is 4.90 Å². The van der Waals surface area contributed by atoms with E-state index in [0.29, 0.717) is 31.5 Å². The van der Waals surface area contributed by atoms with E-state index in [2.05, 4.69) is 10.0 Å². The largest absolute Gasteiger partial charge is 0.324 e. The van der Waals surface area contributed by atoms with Crippen LogP contribution in [0.3, 0.4) is 0 Å². The third-order valence-corrected chi connectivity index (χ3v) is 7.30. The van der Waals surface area contributed by atoms with Gasteiger partial charge in [-0.05, 0) is 73.6 Å². The predicted molar refractivity (Wildman–Crippen MR) is 131 cm³/mol. The van der Waals surface area contributed by atoms with Crippen molar-refractivity contribution in [2.75, 3.05) is 16.8 Å². The van der Waals surface area contributed by atoms with Crippen molar-refractivity contribution in [2.45, 2.75) is 64.8 Å². The number of hydrogen-bond acceptors (Lipinski definition) is 4. The lowest BCUT2D eigenvalue weighted by atomic mass is 10.0. The number of hydrogen-bond donors (Lipinski definition) is 2. The minimum atomic E-state index is -3.94. The molecule has 1 unspecified atom stereocenters. The molecular formula is C25H33N3O4S. The third kappa shape index (κ3) is 5.81. The Morgan fingerprint density at radius 1 is 1.09 bits per heavy atom. The van der Waals surface area contributed by atoms with E-state index < -0.39 is 16.1 Å². The van der Waals surface area contributed by atoms with Crippen molar-refractivity contribution >= 4 is 33.2 Å². The van der Waals surface area contributed by atoms with Crippen molar-refractivity contribution in [3.63, 3.8) is 0 Å². The molecule has 1 aliphatic heterocycles. The standard InChI is InChI=1S/C25H33N3O4S/c1-6-24(29)28-12-11-19-15-20(9-10-23(19)28)33(31,32)27-22(13-16(2)3)25(30)26-21-14-17(4)7-8-18(21)5/h7-10,14-16,22,27H,6,11-13H2,1-5H3,(H,26,30). The Bertz CT molecular complexity index is 1160. The number of anilines is 2. The highest BCUT2D eigenvalue weighted by Gasteiger charge is 2.29. The van der Waals surface area contributed by atoms with E-state index in [1.165, 1.54) is 6.07 Å². The van der Waals surface area contributed by atoms with E-state index in [9.17, 15) is 18.0 Å². The third-order valence-electron chi connectivity index (χ3n) is 5.83. The molecule has 0 aromatic heterocycles. The molecule has 3 rings (SSSR count). The molecule has 1 atom stereocenters. The van der Waals surface area contributed by atoms with Gasteiger partial charge in [-0.1, -0.05) is 32.9 Å². The molecule has 0 aliphatic carbocycles. The molecule has 1 aliphatic rings. The summed E-state index contributed by atoms with van der Waals surface area (Å²) in [6.45, 7) is 10.1. The van der Waals surface area contributed by atoms with E-state index in [-0.39, 0.29) is 22.6 Å². The van der Waals surface area contributed by atoms with Crippen molar-refractivity contribution in [1.29, 1.82) is 0 Å². The number of amides is 2. The molecule has 1 heterocycles. The number of nitrogens with zero attached hydrogens (tertiary/aromatic N) is 1. The fraction of sp³-hybridized carbons (Fsp3) is 0.440. The van der Waals surface area contributed by atoms with Gasteiger partial charge in [-0.25, -0.2) is 8.42 Å². The van der Waals surface area contributed by atoms with Crippen molar-refractivity contribution in [3.8, 4) is 0 Å². The van der Waals surface area contributed by atoms with E-state index in [4.69, 9.17) is 0 Å². The zero-order valence-corrected chi connectivity index (χ0v) is 20.8. The summed E-state index contributed by atoms with van der Waals surface area (Å²) in [5, 5.41) is 2.89. The molecule has 2 aromatic carbocycles. The molecule has 2 amide bonds. The van der Waals surface area contributed by atoms with Gasteiger partial charge < -0.3 is 10.2 Å². The molecule has 2 aromatic rings. The molecule has 0 spiro atoms. The van der Waals surface area contributed by atoms with Crippen LogP contribution in [0.4, 0.5) is 11.4 Å². The van der Waals surface area contributed by atoms with Crippen molar-refractivity contribution < 1.29 is 18.0 Å². The van der Waals surface area contributed by atoms with Crippen LogP contribution in [0.15, 0.2) is 41.3 Å². The average Bonchev–Trinajstić information content (AvgIpc) is 3.18. The highest BCUT2D eigenvalue weighted by Crippen LogP contribution is 2.31. The van der Waals surface area contributed by atoms with Gasteiger partial charge in [0.2, 0.25) is 21.8 Å². The second-order valence-electron chi connectivity index (χ2n) is 9.05. The highest BCUT2D eigenvalue weighted by atomic mass is 32.2. The van der Waals surface area contributed by atoms with Crippen molar-refractivity contribution in [3.05, 3.63) is 53.1 Å². The lowest BCUT2D eigenvalue weighted by molar-refractivity contribution is -0.118. The first-order valence-corrected chi connectivity index (χ1v) is 12.8. The van der Waals surface area contributed by atoms with E-state index in [1.54, 1.807) is 24.0 Å². The van der Waals surface area contributed by atoms with Gasteiger partial charge >= 0.3 is 0 Å². The van der Waals surface area contributed by atoms with Crippen LogP contribution in [0.5, 0.6) is 0 Å². The maximum Gasteiger partial charge on any atom is 0.242 e. The van der Waals surface area contributed by atoms with E-state index in [0.717, 1.165) is 22.4 Å². The number of sulfonamides is 1. The van der Waals surface area contributed by atoms with Gasteiger partial charge in [0.1, 0.15) is 6.04 Å². The van der Waals surface area contributed by atoms with Gasteiger partial charge in [0.25, 0.3) is 0 Å². The van der Waals surface area contributed by atoms with Gasteiger partial charge in [-0.15, -0.1) is 0 Å². The molecule has 2 N–H and O–H groups in total. The Hall–Kier alpha value is -2.71. The van der Waals surface area contributed by atoms with Crippen molar-refractivity contribution in [2.24, 2.45) is 5.92 Å². The first kappa shape index (κ1) is 24.9.